The topological polar surface area (TPSA) is 58.6 Å². The van der Waals surface area contributed by atoms with Crippen molar-refractivity contribution in [3.8, 4) is 0 Å². The van der Waals surface area contributed by atoms with E-state index in [2.05, 4.69) is 5.32 Å². The second-order valence-corrected chi connectivity index (χ2v) is 5.31. The summed E-state index contributed by atoms with van der Waals surface area (Å²) in [6.45, 7) is 1.56. The Morgan fingerprint density at radius 3 is 2.72 bits per heavy atom. The Labute approximate surface area is 109 Å². The minimum atomic E-state index is -1.32. The molecule has 2 atom stereocenters. The molecule has 102 valence electrons. The normalized spacial score (nSPS) is 14.4. The summed E-state index contributed by atoms with van der Waals surface area (Å²) in [5.74, 6) is -0.233. The van der Waals surface area contributed by atoms with Gasteiger partial charge >= 0.3 is 0 Å². The van der Waals surface area contributed by atoms with Gasteiger partial charge in [0.05, 0.1) is 29.3 Å². The van der Waals surface area contributed by atoms with E-state index >= 15 is 0 Å². The van der Waals surface area contributed by atoms with Gasteiger partial charge in [-0.2, -0.15) is 0 Å². The summed E-state index contributed by atoms with van der Waals surface area (Å²) in [7, 11) is 0.282. The van der Waals surface area contributed by atoms with Gasteiger partial charge in [-0.15, -0.1) is 0 Å². The number of ether oxygens (including phenoxy) is 1. The van der Waals surface area contributed by atoms with E-state index in [4.69, 9.17) is 4.74 Å². The van der Waals surface area contributed by atoms with E-state index in [0.717, 1.165) is 0 Å². The summed E-state index contributed by atoms with van der Waals surface area (Å²) in [4.78, 5) is 0.521. The molecular weight excluding hydrogens is 257 g/mol. The van der Waals surface area contributed by atoms with Crippen LogP contribution in [0.25, 0.3) is 0 Å². The predicted octanol–water partition coefficient (Wildman–Crippen LogP) is 0.530. The number of hydrogen-bond acceptors (Lipinski definition) is 4. The maximum Gasteiger partial charge on any atom is 0.123 e. The van der Waals surface area contributed by atoms with Crippen molar-refractivity contribution >= 4 is 10.8 Å². The molecule has 0 aliphatic carbocycles. The van der Waals surface area contributed by atoms with Gasteiger partial charge in [-0.3, -0.25) is 4.21 Å². The molecule has 0 aliphatic rings. The minimum absolute atomic E-state index is 0.131. The van der Waals surface area contributed by atoms with E-state index in [-0.39, 0.29) is 11.6 Å². The molecule has 1 aromatic carbocycles. The quantitative estimate of drug-likeness (QED) is 0.680. The predicted molar refractivity (Wildman–Crippen MR) is 68.4 cm³/mol. The molecule has 0 bridgehead atoms. The summed E-state index contributed by atoms with van der Waals surface area (Å²) in [5, 5.41) is 12.6. The maximum atomic E-state index is 12.7. The van der Waals surface area contributed by atoms with Crippen molar-refractivity contribution in [3.05, 3.63) is 30.1 Å². The molecule has 0 saturated heterocycles. The first kappa shape index (κ1) is 15.2. The van der Waals surface area contributed by atoms with E-state index in [1.54, 1.807) is 7.11 Å². The monoisotopic (exact) mass is 275 g/mol. The zero-order valence-corrected chi connectivity index (χ0v) is 11.1. The van der Waals surface area contributed by atoms with E-state index in [1.807, 2.05) is 0 Å². The summed E-state index contributed by atoms with van der Waals surface area (Å²) in [6.07, 6.45) is -0.701. The van der Waals surface area contributed by atoms with Crippen LogP contribution in [-0.4, -0.2) is 48.0 Å². The molecule has 4 nitrogen and oxygen atoms in total. The number of rotatable bonds is 8. The van der Waals surface area contributed by atoms with Crippen molar-refractivity contribution in [3.63, 3.8) is 0 Å². The number of methoxy groups -OCH3 is 1. The summed E-state index contributed by atoms with van der Waals surface area (Å²) >= 11 is 0. The largest absolute Gasteiger partial charge is 0.391 e. The van der Waals surface area contributed by atoms with Gasteiger partial charge in [0.2, 0.25) is 0 Å². The van der Waals surface area contributed by atoms with E-state index in [9.17, 15) is 13.7 Å². The fourth-order valence-corrected chi connectivity index (χ4v) is 2.46. The fraction of sp³-hybridized carbons (Fsp3) is 0.500. The van der Waals surface area contributed by atoms with Crippen molar-refractivity contribution in [2.24, 2.45) is 0 Å². The van der Waals surface area contributed by atoms with Gasteiger partial charge in [-0.25, -0.2) is 4.39 Å². The van der Waals surface area contributed by atoms with Crippen molar-refractivity contribution in [1.29, 1.82) is 0 Å². The SMILES string of the molecule is COCCNCC(O)CS(=O)c1ccc(F)cc1. The van der Waals surface area contributed by atoms with Gasteiger partial charge in [0.1, 0.15) is 5.82 Å². The fourth-order valence-electron chi connectivity index (χ4n) is 1.36. The Kier molecular flexibility index (Phi) is 7.04. The lowest BCUT2D eigenvalue weighted by Crippen LogP contribution is -2.32. The van der Waals surface area contributed by atoms with Crippen LogP contribution in [0.4, 0.5) is 4.39 Å². The first-order chi connectivity index (χ1) is 8.63. The van der Waals surface area contributed by atoms with Crippen LogP contribution in [0.3, 0.4) is 0 Å². The Balaban J connectivity index is 2.33. The lowest BCUT2D eigenvalue weighted by atomic mass is 10.3. The molecule has 6 heteroatoms. The van der Waals surface area contributed by atoms with Gasteiger partial charge in [-0.05, 0) is 24.3 Å². The second kappa shape index (κ2) is 8.31. The molecule has 0 aliphatic heterocycles. The highest BCUT2D eigenvalue weighted by atomic mass is 32.2. The van der Waals surface area contributed by atoms with Crippen molar-refractivity contribution in [1.82, 2.24) is 5.32 Å². The molecule has 0 radical (unpaired) electrons. The van der Waals surface area contributed by atoms with Gasteiger partial charge in [0, 0.05) is 25.1 Å². The number of hydrogen-bond donors (Lipinski definition) is 2. The molecule has 0 amide bonds. The Morgan fingerprint density at radius 2 is 2.11 bits per heavy atom. The number of aliphatic hydroxyl groups excluding tert-OH is 1. The molecule has 0 heterocycles. The highest BCUT2D eigenvalue weighted by molar-refractivity contribution is 7.85. The maximum absolute atomic E-state index is 12.7. The van der Waals surface area contributed by atoms with Gasteiger partial charge < -0.3 is 15.2 Å². The van der Waals surface area contributed by atoms with Gasteiger partial charge in [-0.1, -0.05) is 0 Å². The Morgan fingerprint density at radius 1 is 1.44 bits per heavy atom. The van der Waals surface area contributed by atoms with Crippen molar-refractivity contribution in [2.75, 3.05) is 32.6 Å². The first-order valence-corrected chi connectivity index (χ1v) is 6.97. The second-order valence-electron chi connectivity index (χ2n) is 3.82. The van der Waals surface area contributed by atoms with Crippen LogP contribution in [0.15, 0.2) is 29.2 Å². The third-order valence-corrected chi connectivity index (χ3v) is 3.77. The standard InChI is InChI=1S/C12H18FNO3S/c1-17-7-6-14-8-11(15)9-18(16)12-4-2-10(13)3-5-12/h2-5,11,14-15H,6-9H2,1H3. The van der Waals surface area contributed by atoms with Crippen LogP contribution in [0.2, 0.25) is 0 Å². The number of aliphatic hydroxyl groups is 1. The number of nitrogens with one attached hydrogen (secondary N) is 1. The molecular formula is C12H18FNO3S. The van der Waals surface area contributed by atoms with Crippen LogP contribution in [-0.2, 0) is 15.5 Å². The molecule has 0 aromatic heterocycles. The van der Waals surface area contributed by atoms with E-state index in [0.29, 0.717) is 24.6 Å². The number of benzene rings is 1. The summed E-state index contributed by atoms with van der Waals surface area (Å²) in [5.41, 5.74) is 0. The van der Waals surface area contributed by atoms with Crippen LogP contribution >= 0.6 is 0 Å². The summed E-state index contributed by atoms with van der Waals surface area (Å²) < 4.78 is 29.4. The molecule has 1 aromatic rings. The van der Waals surface area contributed by atoms with Crippen molar-refractivity contribution < 1.29 is 18.4 Å². The number of halogens is 1. The smallest absolute Gasteiger partial charge is 0.123 e. The van der Waals surface area contributed by atoms with E-state index in [1.165, 1.54) is 24.3 Å². The molecule has 2 N–H and O–H groups in total. The lowest BCUT2D eigenvalue weighted by Gasteiger charge is -2.11. The molecule has 18 heavy (non-hydrogen) atoms. The molecule has 1 rings (SSSR count). The molecule has 0 saturated carbocycles. The van der Waals surface area contributed by atoms with Gasteiger partial charge in [0.15, 0.2) is 0 Å². The first-order valence-electron chi connectivity index (χ1n) is 5.65. The molecule has 0 spiro atoms. The van der Waals surface area contributed by atoms with Gasteiger partial charge in [0.25, 0.3) is 0 Å². The summed E-state index contributed by atoms with van der Waals surface area (Å²) in [6, 6.07) is 5.46. The third-order valence-electron chi connectivity index (χ3n) is 2.28. The zero-order valence-electron chi connectivity index (χ0n) is 10.3. The average molecular weight is 275 g/mol. The average Bonchev–Trinajstić information content (AvgIpc) is 2.35. The van der Waals surface area contributed by atoms with Crippen LogP contribution in [0, 0.1) is 5.82 Å². The van der Waals surface area contributed by atoms with Crippen LogP contribution in [0.1, 0.15) is 0 Å². The highest BCUT2D eigenvalue weighted by Crippen LogP contribution is 2.08. The van der Waals surface area contributed by atoms with Crippen LogP contribution in [0.5, 0.6) is 0 Å². The lowest BCUT2D eigenvalue weighted by molar-refractivity contribution is 0.174. The minimum Gasteiger partial charge on any atom is -0.391 e. The molecule has 0 fully saturated rings. The third kappa shape index (κ3) is 5.68. The van der Waals surface area contributed by atoms with Crippen LogP contribution < -0.4 is 5.32 Å². The highest BCUT2D eigenvalue weighted by Gasteiger charge is 2.11. The molecule has 2 unspecified atom stereocenters. The zero-order chi connectivity index (χ0) is 13.4. The van der Waals surface area contributed by atoms with E-state index < -0.39 is 16.9 Å². The Hall–Kier alpha value is -0.820. The Bertz CT molecular complexity index is 372. The van der Waals surface area contributed by atoms with Crippen molar-refractivity contribution in [2.45, 2.75) is 11.0 Å².